The molecular formula is C14H25N3O4. The average molecular weight is 299 g/mol. The molecule has 7 heteroatoms. The average Bonchev–Trinajstić information content (AvgIpc) is 2.42. The van der Waals surface area contributed by atoms with Crippen molar-refractivity contribution in [3.63, 3.8) is 0 Å². The van der Waals surface area contributed by atoms with E-state index in [-0.39, 0.29) is 18.9 Å². The molecule has 1 rings (SSSR count). The van der Waals surface area contributed by atoms with Crippen molar-refractivity contribution in [2.75, 3.05) is 7.05 Å². The van der Waals surface area contributed by atoms with Crippen molar-refractivity contribution in [2.24, 2.45) is 11.7 Å². The van der Waals surface area contributed by atoms with E-state index in [4.69, 9.17) is 10.8 Å². The molecule has 1 fully saturated rings. The van der Waals surface area contributed by atoms with Crippen LogP contribution in [0.2, 0.25) is 0 Å². The van der Waals surface area contributed by atoms with Crippen LogP contribution in [0.15, 0.2) is 0 Å². The van der Waals surface area contributed by atoms with Crippen LogP contribution in [0.25, 0.3) is 0 Å². The zero-order chi connectivity index (χ0) is 16.0. The Morgan fingerprint density at radius 2 is 1.86 bits per heavy atom. The number of amides is 3. The Kier molecular flexibility index (Phi) is 6.45. The lowest BCUT2D eigenvalue weighted by atomic mass is 9.87. The highest BCUT2D eigenvalue weighted by Crippen LogP contribution is 2.26. The first-order valence-corrected chi connectivity index (χ1v) is 7.35. The van der Waals surface area contributed by atoms with Gasteiger partial charge in [-0.05, 0) is 38.0 Å². The number of nitrogens with zero attached hydrogens (tertiary/aromatic N) is 1. The number of carbonyl (C=O) groups excluding carboxylic acids is 2. The Labute approximate surface area is 124 Å². The predicted octanol–water partition coefficient (Wildman–Crippen LogP) is 0.925. The van der Waals surface area contributed by atoms with Gasteiger partial charge in [-0.2, -0.15) is 0 Å². The number of aliphatic carboxylic acids is 1. The Balaban J connectivity index is 2.51. The van der Waals surface area contributed by atoms with Crippen molar-refractivity contribution in [3.8, 4) is 0 Å². The molecule has 1 atom stereocenters. The molecule has 0 aromatic carbocycles. The number of carboxylic acid groups (broad SMARTS) is 1. The van der Waals surface area contributed by atoms with E-state index >= 15 is 0 Å². The quantitative estimate of drug-likeness (QED) is 0.677. The molecule has 1 aliphatic rings. The zero-order valence-corrected chi connectivity index (χ0v) is 12.7. The first kappa shape index (κ1) is 17.3. The first-order valence-electron chi connectivity index (χ1n) is 7.35. The minimum atomic E-state index is -1.16. The fraction of sp³-hybridized carbons (Fsp3) is 0.786. The SMILES string of the molecule is CC1CCC(N(C)C(=O)N[C@H](CCC(N)=O)C(=O)O)CC1. The summed E-state index contributed by atoms with van der Waals surface area (Å²) in [5.74, 6) is -1.06. The molecule has 1 aliphatic carbocycles. The standard InChI is InChI=1S/C14H25N3O4/c1-9-3-5-10(6-4-9)17(2)14(21)16-11(13(19)20)7-8-12(15)18/h9-11H,3-8H2,1-2H3,(H2,15,18)(H,16,21)(H,19,20)/t9?,10?,11-/m1/s1. The summed E-state index contributed by atoms with van der Waals surface area (Å²) in [6.07, 6.45) is 3.96. The molecule has 0 bridgehead atoms. The van der Waals surface area contributed by atoms with Crippen molar-refractivity contribution in [3.05, 3.63) is 0 Å². The maximum absolute atomic E-state index is 12.1. The minimum absolute atomic E-state index is 0.00590. The van der Waals surface area contributed by atoms with E-state index in [1.807, 2.05) is 0 Å². The molecule has 0 spiro atoms. The summed E-state index contributed by atoms with van der Waals surface area (Å²) < 4.78 is 0. The van der Waals surface area contributed by atoms with E-state index in [0.29, 0.717) is 5.92 Å². The largest absolute Gasteiger partial charge is 0.480 e. The number of carbonyl (C=O) groups is 3. The van der Waals surface area contributed by atoms with Gasteiger partial charge >= 0.3 is 12.0 Å². The number of hydrogen-bond acceptors (Lipinski definition) is 3. The summed E-state index contributed by atoms with van der Waals surface area (Å²) in [4.78, 5) is 35.5. The molecule has 0 radical (unpaired) electrons. The highest BCUT2D eigenvalue weighted by atomic mass is 16.4. The lowest BCUT2D eigenvalue weighted by Gasteiger charge is -2.34. The van der Waals surface area contributed by atoms with Gasteiger partial charge in [0, 0.05) is 19.5 Å². The van der Waals surface area contributed by atoms with Crippen LogP contribution >= 0.6 is 0 Å². The van der Waals surface area contributed by atoms with Gasteiger partial charge < -0.3 is 21.1 Å². The summed E-state index contributed by atoms with van der Waals surface area (Å²) in [6, 6.07) is -1.35. The van der Waals surface area contributed by atoms with Gasteiger partial charge in [-0.25, -0.2) is 9.59 Å². The van der Waals surface area contributed by atoms with Gasteiger partial charge in [-0.1, -0.05) is 6.92 Å². The maximum atomic E-state index is 12.1. The second kappa shape index (κ2) is 7.85. The van der Waals surface area contributed by atoms with E-state index in [2.05, 4.69) is 12.2 Å². The van der Waals surface area contributed by atoms with Gasteiger partial charge in [0.05, 0.1) is 0 Å². The summed E-state index contributed by atoms with van der Waals surface area (Å²) >= 11 is 0. The Morgan fingerprint density at radius 1 is 1.29 bits per heavy atom. The van der Waals surface area contributed by atoms with E-state index in [1.165, 1.54) is 0 Å². The molecule has 0 aliphatic heterocycles. The molecular weight excluding hydrogens is 274 g/mol. The lowest BCUT2D eigenvalue weighted by Crippen LogP contribution is -2.50. The third-order valence-electron chi connectivity index (χ3n) is 4.13. The maximum Gasteiger partial charge on any atom is 0.326 e. The normalized spacial score (nSPS) is 23.1. The second-order valence-electron chi connectivity index (χ2n) is 5.87. The molecule has 0 unspecified atom stereocenters. The second-order valence-corrected chi connectivity index (χ2v) is 5.87. The zero-order valence-electron chi connectivity index (χ0n) is 12.7. The van der Waals surface area contributed by atoms with Gasteiger partial charge in [0.25, 0.3) is 0 Å². The van der Waals surface area contributed by atoms with Crippen molar-refractivity contribution in [1.82, 2.24) is 10.2 Å². The van der Waals surface area contributed by atoms with Crippen molar-refractivity contribution in [2.45, 2.75) is 57.5 Å². The summed E-state index contributed by atoms with van der Waals surface area (Å²) in [6.45, 7) is 2.20. The number of rotatable bonds is 6. The van der Waals surface area contributed by atoms with Gasteiger partial charge in [0.1, 0.15) is 6.04 Å². The van der Waals surface area contributed by atoms with E-state index < -0.39 is 23.9 Å². The molecule has 0 heterocycles. The number of nitrogens with one attached hydrogen (secondary N) is 1. The Morgan fingerprint density at radius 3 is 2.33 bits per heavy atom. The molecule has 120 valence electrons. The third-order valence-corrected chi connectivity index (χ3v) is 4.13. The van der Waals surface area contributed by atoms with E-state index in [0.717, 1.165) is 25.7 Å². The van der Waals surface area contributed by atoms with Crippen LogP contribution in [-0.2, 0) is 9.59 Å². The van der Waals surface area contributed by atoms with Crippen LogP contribution in [0.4, 0.5) is 4.79 Å². The molecule has 0 aromatic heterocycles. The number of nitrogens with two attached hydrogens (primary N) is 1. The van der Waals surface area contributed by atoms with Crippen LogP contribution < -0.4 is 11.1 Å². The monoisotopic (exact) mass is 299 g/mol. The van der Waals surface area contributed by atoms with Crippen LogP contribution in [0.3, 0.4) is 0 Å². The van der Waals surface area contributed by atoms with Gasteiger partial charge in [-0.3, -0.25) is 4.79 Å². The van der Waals surface area contributed by atoms with Gasteiger partial charge in [0.2, 0.25) is 5.91 Å². The summed E-state index contributed by atoms with van der Waals surface area (Å²) in [5.41, 5.74) is 5.01. The van der Waals surface area contributed by atoms with Crippen molar-refractivity contribution in [1.29, 1.82) is 0 Å². The van der Waals surface area contributed by atoms with Crippen LogP contribution in [0.5, 0.6) is 0 Å². The van der Waals surface area contributed by atoms with Crippen LogP contribution in [0.1, 0.15) is 45.4 Å². The topological polar surface area (TPSA) is 113 Å². The van der Waals surface area contributed by atoms with Gasteiger partial charge in [0.15, 0.2) is 0 Å². The first-order chi connectivity index (χ1) is 9.81. The highest BCUT2D eigenvalue weighted by Gasteiger charge is 2.27. The molecule has 7 nitrogen and oxygen atoms in total. The third kappa shape index (κ3) is 5.61. The van der Waals surface area contributed by atoms with Crippen molar-refractivity contribution < 1.29 is 19.5 Å². The summed E-state index contributed by atoms with van der Waals surface area (Å²) in [5, 5.41) is 11.5. The molecule has 4 N–H and O–H groups in total. The molecule has 0 aromatic rings. The lowest BCUT2D eigenvalue weighted by molar-refractivity contribution is -0.139. The molecule has 1 saturated carbocycles. The molecule has 0 saturated heterocycles. The number of hydrogen-bond donors (Lipinski definition) is 3. The fourth-order valence-corrected chi connectivity index (χ4v) is 2.59. The predicted molar refractivity (Wildman–Crippen MR) is 77.6 cm³/mol. The molecule has 21 heavy (non-hydrogen) atoms. The van der Waals surface area contributed by atoms with Gasteiger partial charge in [-0.15, -0.1) is 0 Å². The Hall–Kier alpha value is -1.79. The number of carboxylic acids is 1. The van der Waals surface area contributed by atoms with E-state index in [1.54, 1.807) is 11.9 Å². The number of urea groups is 1. The van der Waals surface area contributed by atoms with Crippen LogP contribution in [0, 0.1) is 5.92 Å². The summed E-state index contributed by atoms with van der Waals surface area (Å²) in [7, 11) is 1.68. The highest BCUT2D eigenvalue weighted by molar-refractivity contribution is 5.83. The van der Waals surface area contributed by atoms with E-state index in [9.17, 15) is 14.4 Å². The molecule has 3 amide bonds. The fourth-order valence-electron chi connectivity index (χ4n) is 2.59. The van der Waals surface area contributed by atoms with Crippen LogP contribution in [-0.4, -0.2) is 47.0 Å². The Bertz CT molecular complexity index is 392. The van der Waals surface area contributed by atoms with Crippen molar-refractivity contribution >= 4 is 17.9 Å². The smallest absolute Gasteiger partial charge is 0.326 e. The minimum Gasteiger partial charge on any atom is -0.480 e. The number of primary amides is 1.